The van der Waals surface area contributed by atoms with Crippen molar-refractivity contribution in [2.75, 3.05) is 39.8 Å². The molecule has 0 unspecified atom stereocenters. The first-order valence-electron chi connectivity index (χ1n) is 10.2. The minimum atomic E-state index is -0.164. The Labute approximate surface area is 174 Å². The number of halogens is 1. The standard InChI is InChI=1S/C21H33N3O3.ClH/c1-27-20-4-2-3-17(15-20)16-24(18-5-7-19(25)8-6-18)12-9-21(26)23-13-10-22-11-14-23;/h2-4,15,18-19,22,25H,5-14,16H2,1H3;1H. The maximum atomic E-state index is 12.6. The Balaban J connectivity index is 0.00000280. The van der Waals surface area contributed by atoms with Crippen molar-refractivity contribution >= 4 is 18.3 Å². The van der Waals surface area contributed by atoms with Gasteiger partial charge in [0.25, 0.3) is 0 Å². The van der Waals surface area contributed by atoms with Crippen LogP contribution in [-0.2, 0) is 11.3 Å². The molecule has 1 amide bonds. The fourth-order valence-corrected chi connectivity index (χ4v) is 4.13. The zero-order valence-corrected chi connectivity index (χ0v) is 17.6. The second-order valence-electron chi connectivity index (χ2n) is 7.67. The topological polar surface area (TPSA) is 65.0 Å². The molecule has 2 fully saturated rings. The van der Waals surface area contributed by atoms with Crippen LogP contribution in [0.5, 0.6) is 5.75 Å². The highest BCUT2D eigenvalue weighted by molar-refractivity contribution is 5.85. The van der Waals surface area contributed by atoms with Crippen molar-refractivity contribution in [3.8, 4) is 5.75 Å². The van der Waals surface area contributed by atoms with Gasteiger partial charge in [-0.3, -0.25) is 9.69 Å². The van der Waals surface area contributed by atoms with Gasteiger partial charge in [0.1, 0.15) is 5.75 Å². The summed E-state index contributed by atoms with van der Waals surface area (Å²) in [6, 6.07) is 8.59. The molecule has 1 aromatic carbocycles. The molecule has 1 saturated heterocycles. The van der Waals surface area contributed by atoms with Gasteiger partial charge in [-0.1, -0.05) is 12.1 Å². The van der Waals surface area contributed by atoms with E-state index in [0.29, 0.717) is 12.5 Å². The molecule has 1 aliphatic carbocycles. The van der Waals surface area contributed by atoms with E-state index < -0.39 is 0 Å². The molecule has 0 aromatic heterocycles. The van der Waals surface area contributed by atoms with E-state index >= 15 is 0 Å². The zero-order chi connectivity index (χ0) is 19.1. The van der Waals surface area contributed by atoms with E-state index in [1.807, 2.05) is 17.0 Å². The third kappa shape index (κ3) is 6.62. The molecule has 0 spiro atoms. The second-order valence-corrected chi connectivity index (χ2v) is 7.67. The summed E-state index contributed by atoms with van der Waals surface area (Å²) in [6.07, 6.45) is 4.08. The summed E-state index contributed by atoms with van der Waals surface area (Å²) in [5.74, 6) is 1.12. The van der Waals surface area contributed by atoms with E-state index in [1.165, 1.54) is 5.56 Å². The SMILES string of the molecule is COc1cccc(CN(CCC(=O)N2CCNCC2)C2CCC(O)CC2)c1.Cl. The van der Waals surface area contributed by atoms with Crippen molar-refractivity contribution < 1.29 is 14.6 Å². The van der Waals surface area contributed by atoms with Crippen LogP contribution in [0.25, 0.3) is 0 Å². The van der Waals surface area contributed by atoms with Crippen LogP contribution >= 0.6 is 12.4 Å². The summed E-state index contributed by atoms with van der Waals surface area (Å²) in [4.78, 5) is 17.0. The predicted molar refractivity (Wildman–Crippen MR) is 113 cm³/mol. The highest BCUT2D eigenvalue weighted by Crippen LogP contribution is 2.25. The third-order valence-electron chi connectivity index (χ3n) is 5.79. The van der Waals surface area contributed by atoms with Crippen molar-refractivity contribution in [2.45, 2.75) is 50.8 Å². The minimum Gasteiger partial charge on any atom is -0.497 e. The van der Waals surface area contributed by atoms with E-state index in [1.54, 1.807) is 7.11 Å². The van der Waals surface area contributed by atoms with Crippen LogP contribution in [0.15, 0.2) is 24.3 Å². The van der Waals surface area contributed by atoms with Crippen LogP contribution in [0.1, 0.15) is 37.7 Å². The number of aliphatic hydroxyl groups excluding tert-OH is 1. The number of aliphatic hydroxyl groups is 1. The molecule has 1 aromatic rings. The first-order chi connectivity index (χ1) is 13.2. The number of nitrogens with zero attached hydrogens (tertiary/aromatic N) is 2. The second kappa shape index (κ2) is 11.6. The molecule has 0 radical (unpaired) electrons. The number of amides is 1. The third-order valence-corrected chi connectivity index (χ3v) is 5.79. The number of methoxy groups -OCH3 is 1. The van der Waals surface area contributed by atoms with Gasteiger partial charge >= 0.3 is 0 Å². The molecule has 2 N–H and O–H groups in total. The quantitative estimate of drug-likeness (QED) is 0.718. The molecule has 1 aliphatic heterocycles. The van der Waals surface area contributed by atoms with Crippen molar-refractivity contribution in [1.82, 2.24) is 15.1 Å². The summed E-state index contributed by atoms with van der Waals surface area (Å²) in [5.41, 5.74) is 1.20. The van der Waals surface area contributed by atoms with Crippen molar-refractivity contribution in [3.05, 3.63) is 29.8 Å². The summed E-state index contributed by atoms with van der Waals surface area (Å²) in [7, 11) is 1.69. The van der Waals surface area contributed by atoms with Gasteiger partial charge in [0.2, 0.25) is 5.91 Å². The Morgan fingerprint density at radius 1 is 1.25 bits per heavy atom. The van der Waals surface area contributed by atoms with E-state index in [0.717, 1.165) is 70.7 Å². The van der Waals surface area contributed by atoms with E-state index in [9.17, 15) is 9.90 Å². The van der Waals surface area contributed by atoms with Crippen LogP contribution in [0.2, 0.25) is 0 Å². The van der Waals surface area contributed by atoms with Crippen molar-refractivity contribution in [2.24, 2.45) is 0 Å². The van der Waals surface area contributed by atoms with Crippen molar-refractivity contribution in [1.29, 1.82) is 0 Å². The summed E-state index contributed by atoms with van der Waals surface area (Å²) >= 11 is 0. The Morgan fingerprint density at radius 3 is 2.64 bits per heavy atom. The highest BCUT2D eigenvalue weighted by Gasteiger charge is 2.26. The Morgan fingerprint density at radius 2 is 1.96 bits per heavy atom. The fourth-order valence-electron chi connectivity index (χ4n) is 4.13. The molecule has 1 heterocycles. The first kappa shape index (κ1) is 22.9. The smallest absolute Gasteiger partial charge is 0.223 e. The molecular weight excluding hydrogens is 378 g/mol. The average Bonchev–Trinajstić information content (AvgIpc) is 2.72. The lowest BCUT2D eigenvalue weighted by atomic mass is 9.91. The molecule has 3 rings (SSSR count). The van der Waals surface area contributed by atoms with E-state index in [4.69, 9.17) is 4.74 Å². The molecule has 0 atom stereocenters. The normalized spacial score (nSPS) is 22.6. The molecule has 7 heteroatoms. The molecule has 28 heavy (non-hydrogen) atoms. The van der Waals surface area contributed by atoms with Gasteiger partial charge < -0.3 is 20.1 Å². The Kier molecular flexibility index (Phi) is 9.51. The number of benzene rings is 1. The van der Waals surface area contributed by atoms with Gasteiger partial charge in [0, 0.05) is 51.7 Å². The Hall–Kier alpha value is -1.34. The zero-order valence-electron chi connectivity index (χ0n) is 16.8. The lowest BCUT2D eigenvalue weighted by Crippen LogP contribution is -2.47. The molecule has 1 saturated carbocycles. The summed E-state index contributed by atoms with van der Waals surface area (Å²) in [6.45, 7) is 4.97. The molecule has 6 nitrogen and oxygen atoms in total. The minimum absolute atomic E-state index is 0. The van der Waals surface area contributed by atoms with Crippen LogP contribution in [0.3, 0.4) is 0 Å². The lowest BCUT2D eigenvalue weighted by molar-refractivity contribution is -0.132. The molecular formula is C21H34ClN3O3. The van der Waals surface area contributed by atoms with Crippen molar-refractivity contribution in [3.63, 3.8) is 0 Å². The summed E-state index contributed by atoms with van der Waals surface area (Å²) < 4.78 is 5.36. The molecule has 158 valence electrons. The van der Waals surface area contributed by atoms with E-state index in [-0.39, 0.29) is 24.4 Å². The van der Waals surface area contributed by atoms with Crippen LogP contribution in [0.4, 0.5) is 0 Å². The number of piperazine rings is 1. The fraction of sp³-hybridized carbons (Fsp3) is 0.667. The average molecular weight is 412 g/mol. The molecule has 0 bridgehead atoms. The number of nitrogens with one attached hydrogen (secondary N) is 1. The number of hydrogen-bond acceptors (Lipinski definition) is 5. The van der Waals surface area contributed by atoms with E-state index in [2.05, 4.69) is 22.3 Å². The first-order valence-corrected chi connectivity index (χ1v) is 10.2. The highest BCUT2D eigenvalue weighted by atomic mass is 35.5. The maximum Gasteiger partial charge on any atom is 0.223 e. The van der Waals surface area contributed by atoms with Gasteiger partial charge in [-0.25, -0.2) is 0 Å². The maximum absolute atomic E-state index is 12.6. The molecule has 2 aliphatic rings. The van der Waals surface area contributed by atoms with Gasteiger partial charge in [0.15, 0.2) is 0 Å². The van der Waals surface area contributed by atoms with Crippen LogP contribution < -0.4 is 10.1 Å². The lowest BCUT2D eigenvalue weighted by Gasteiger charge is -2.36. The number of carbonyl (C=O) groups excluding carboxylic acids is 1. The van der Waals surface area contributed by atoms with Crippen LogP contribution in [0, 0.1) is 0 Å². The van der Waals surface area contributed by atoms with Gasteiger partial charge in [-0.15, -0.1) is 12.4 Å². The van der Waals surface area contributed by atoms with Crippen LogP contribution in [-0.4, -0.2) is 72.8 Å². The predicted octanol–water partition coefficient (Wildman–Crippen LogP) is 2.04. The van der Waals surface area contributed by atoms with Gasteiger partial charge in [-0.05, 0) is 43.4 Å². The largest absolute Gasteiger partial charge is 0.497 e. The number of ether oxygens (including phenoxy) is 1. The van der Waals surface area contributed by atoms with Gasteiger partial charge in [0.05, 0.1) is 13.2 Å². The Bertz CT molecular complexity index is 602. The number of hydrogen-bond donors (Lipinski definition) is 2. The number of rotatable bonds is 7. The number of carbonyl (C=O) groups is 1. The summed E-state index contributed by atoms with van der Waals surface area (Å²) in [5, 5.41) is 13.1. The monoisotopic (exact) mass is 411 g/mol. The van der Waals surface area contributed by atoms with Gasteiger partial charge in [-0.2, -0.15) is 0 Å².